The van der Waals surface area contributed by atoms with Crippen molar-refractivity contribution < 1.29 is 9.90 Å². The van der Waals surface area contributed by atoms with Crippen molar-refractivity contribution >= 4 is 5.91 Å². The fraction of sp³-hybridized carbons (Fsp3) is 0.929. The Balaban J connectivity index is 1.82. The van der Waals surface area contributed by atoms with E-state index < -0.39 is 5.60 Å². The van der Waals surface area contributed by atoms with Crippen molar-refractivity contribution in [2.75, 3.05) is 19.6 Å². The van der Waals surface area contributed by atoms with Crippen LogP contribution in [0.25, 0.3) is 0 Å². The van der Waals surface area contributed by atoms with Gasteiger partial charge < -0.3 is 21.5 Å². The van der Waals surface area contributed by atoms with Gasteiger partial charge in [0.05, 0.1) is 5.60 Å². The predicted octanol–water partition coefficient (Wildman–Crippen LogP) is 0.206. The lowest BCUT2D eigenvalue weighted by molar-refractivity contribution is -0.141. The van der Waals surface area contributed by atoms with Gasteiger partial charge in [0, 0.05) is 25.0 Å². The number of rotatable bonds is 3. The summed E-state index contributed by atoms with van der Waals surface area (Å²) < 4.78 is 0. The first-order valence-electron chi connectivity index (χ1n) is 7.51. The maximum atomic E-state index is 12.4. The first-order chi connectivity index (χ1) is 9.04. The van der Waals surface area contributed by atoms with Gasteiger partial charge in [-0.05, 0) is 51.5 Å². The first kappa shape index (κ1) is 14.8. The second kappa shape index (κ2) is 6.20. The number of nitrogens with two attached hydrogens (primary N) is 2. The predicted molar refractivity (Wildman–Crippen MR) is 74.4 cm³/mol. The molecule has 0 aromatic carbocycles. The van der Waals surface area contributed by atoms with Crippen molar-refractivity contribution in [2.45, 2.75) is 56.6 Å². The molecule has 5 N–H and O–H groups in total. The molecule has 0 radical (unpaired) electrons. The molecule has 0 aromatic rings. The Morgan fingerprint density at radius 2 is 1.79 bits per heavy atom. The molecule has 2 fully saturated rings. The third-order valence-corrected chi connectivity index (χ3v) is 4.74. The molecule has 2 aliphatic rings. The molecule has 0 atom stereocenters. The monoisotopic (exact) mass is 269 g/mol. The van der Waals surface area contributed by atoms with Gasteiger partial charge in [0.2, 0.25) is 5.91 Å². The van der Waals surface area contributed by atoms with Crippen molar-refractivity contribution in [2.24, 2.45) is 17.4 Å². The Morgan fingerprint density at radius 1 is 1.21 bits per heavy atom. The molecule has 1 saturated carbocycles. The number of aliphatic hydroxyl groups is 1. The van der Waals surface area contributed by atoms with E-state index in [4.69, 9.17) is 11.5 Å². The molecule has 110 valence electrons. The van der Waals surface area contributed by atoms with Gasteiger partial charge in [-0.3, -0.25) is 4.79 Å². The van der Waals surface area contributed by atoms with E-state index in [1.807, 2.05) is 4.90 Å². The number of nitrogens with zero attached hydrogens (tertiary/aromatic N) is 1. The Hall–Kier alpha value is -0.650. The molecule has 1 aliphatic heterocycles. The Morgan fingerprint density at radius 3 is 2.32 bits per heavy atom. The van der Waals surface area contributed by atoms with Crippen LogP contribution >= 0.6 is 0 Å². The second-order valence-corrected chi connectivity index (χ2v) is 6.20. The standard InChI is InChI=1S/C14H27N3O2/c15-8-5-14(19)6-9-17(10-7-14)13(18)11-1-3-12(16)4-2-11/h11-12,19H,1-10,15-16H2. The molecule has 0 aromatic heterocycles. The first-order valence-corrected chi connectivity index (χ1v) is 7.51. The highest BCUT2D eigenvalue weighted by Gasteiger charge is 2.35. The third-order valence-electron chi connectivity index (χ3n) is 4.74. The lowest BCUT2D eigenvalue weighted by Gasteiger charge is -2.40. The number of hydrogen-bond donors (Lipinski definition) is 3. The summed E-state index contributed by atoms with van der Waals surface area (Å²) >= 11 is 0. The van der Waals surface area contributed by atoms with Crippen LogP contribution < -0.4 is 11.5 Å². The maximum Gasteiger partial charge on any atom is 0.225 e. The van der Waals surface area contributed by atoms with Crippen LogP contribution in [0.1, 0.15) is 44.9 Å². The summed E-state index contributed by atoms with van der Waals surface area (Å²) in [4.78, 5) is 14.3. The van der Waals surface area contributed by atoms with Crippen LogP contribution in [0.3, 0.4) is 0 Å². The van der Waals surface area contributed by atoms with E-state index in [0.717, 1.165) is 25.7 Å². The molecule has 0 bridgehead atoms. The number of amides is 1. The third kappa shape index (κ3) is 3.68. The minimum absolute atomic E-state index is 0.153. The van der Waals surface area contributed by atoms with Crippen molar-refractivity contribution in [3.8, 4) is 0 Å². The summed E-state index contributed by atoms with van der Waals surface area (Å²) in [6.45, 7) is 1.83. The number of piperidine rings is 1. The number of likely N-dealkylation sites (tertiary alicyclic amines) is 1. The van der Waals surface area contributed by atoms with E-state index in [0.29, 0.717) is 38.9 Å². The van der Waals surface area contributed by atoms with Gasteiger partial charge in [0.15, 0.2) is 0 Å². The summed E-state index contributed by atoms with van der Waals surface area (Å²) in [6.07, 6.45) is 5.70. The molecular weight excluding hydrogens is 242 g/mol. The molecule has 0 spiro atoms. The van der Waals surface area contributed by atoms with E-state index in [1.54, 1.807) is 0 Å². The Labute approximate surface area is 115 Å². The van der Waals surface area contributed by atoms with Crippen LogP contribution in [-0.2, 0) is 4.79 Å². The van der Waals surface area contributed by atoms with Gasteiger partial charge in [0.1, 0.15) is 0 Å². The van der Waals surface area contributed by atoms with Gasteiger partial charge in [0.25, 0.3) is 0 Å². The van der Waals surface area contributed by atoms with Crippen LogP contribution in [0, 0.1) is 5.92 Å². The number of carbonyl (C=O) groups excluding carboxylic acids is 1. The topological polar surface area (TPSA) is 92.6 Å². The van der Waals surface area contributed by atoms with Crippen molar-refractivity contribution in [1.29, 1.82) is 0 Å². The number of carbonyl (C=O) groups is 1. The second-order valence-electron chi connectivity index (χ2n) is 6.20. The van der Waals surface area contributed by atoms with E-state index in [9.17, 15) is 9.90 Å². The SMILES string of the molecule is NCCC1(O)CCN(C(=O)C2CCC(N)CC2)CC1. The Bertz CT molecular complexity index is 306. The average Bonchev–Trinajstić information content (AvgIpc) is 2.40. The van der Waals surface area contributed by atoms with Crippen LogP contribution in [0.15, 0.2) is 0 Å². The van der Waals surface area contributed by atoms with E-state index in [1.165, 1.54) is 0 Å². The lowest BCUT2D eigenvalue weighted by Crippen LogP contribution is -2.49. The van der Waals surface area contributed by atoms with Gasteiger partial charge in [-0.15, -0.1) is 0 Å². The van der Waals surface area contributed by atoms with Gasteiger partial charge in [-0.25, -0.2) is 0 Å². The molecule has 0 unspecified atom stereocenters. The Kier molecular flexibility index (Phi) is 4.81. The van der Waals surface area contributed by atoms with E-state index in [2.05, 4.69) is 0 Å². The molecule has 19 heavy (non-hydrogen) atoms. The quantitative estimate of drug-likeness (QED) is 0.682. The molecular formula is C14H27N3O2. The largest absolute Gasteiger partial charge is 0.390 e. The normalized spacial score (nSPS) is 31.2. The molecule has 1 aliphatic carbocycles. The highest BCUT2D eigenvalue weighted by molar-refractivity contribution is 5.79. The smallest absolute Gasteiger partial charge is 0.225 e. The van der Waals surface area contributed by atoms with E-state index in [-0.39, 0.29) is 17.9 Å². The zero-order chi connectivity index (χ0) is 13.9. The summed E-state index contributed by atoms with van der Waals surface area (Å²) in [6, 6.07) is 0.278. The van der Waals surface area contributed by atoms with Crippen LogP contribution in [0.4, 0.5) is 0 Å². The van der Waals surface area contributed by atoms with Crippen LogP contribution in [0.5, 0.6) is 0 Å². The minimum Gasteiger partial charge on any atom is -0.390 e. The molecule has 2 rings (SSSR count). The average molecular weight is 269 g/mol. The maximum absolute atomic E-state index is 12.4. The molecule has 1 heterocycles. The highest BCUT2D eigenvalue weighted by Crippen LogP contribution is 2.29. The zero-order valence-electron chi connectivity index (χ0n) is 11.7. The molecule has 1 amide bonds. The van der Waals surface area contributed by atoms with Crippen LogP contribution in [-0.4, -0.2) is 47.2 Å². The van der Waals surface area contributed by atoms with Gasteiger partial charge >= 0.3 is 0 Å². The molecule has 5 nitrogen and oxygen atoms in total. The van der Waals surface area contributed by atoms with Crippen molar-refractivity contribution in [3.63, 3.8) is 0 Å². The number of hydrogen-bond acceptors (Lipinski definition) is 4. The summed E-state index contributed by atoms with van der Waals surface area (Å²) in [5.41, 5.74) is 10.7. The van der Waals surface area contributed by atoms with Crippen molar-refractivity contribution in [1.82, 2.24) is 4.90 Å². The molecule has 5 heteroatoms. The van der Waals surface area contributed by atoms with E-state index >= 15 is 0 Å². The molecule has 1 saturated heterocycles. The summed E-state index contributed by atoms with van der Waals surface area (Å²) in [5, 5.41) is 10.3. The van der Waals surface area contributed by atoms with Gasteiger partial charge in [-0.2, -0.15) is 0 Å². The highest BCUT2D eigenvalue weighted by atomic mass is 16.3. The van der Waals surface area contributed by atoms with Crippen molar-refractivity contribution in [3.05, 3.63) is 0 Å². The zero-order valence-corrected chi connectivity index (χ0v) is 11.7. The lowest BCUT2D eigenvalue weighted by atomic mass is 9.84. The van der Waals surface area contributed by atoms with Gasteiger partial charge in [-0.1, -0.05) is 0 Å². The van der Waals surface area contributed by atoms with Crippen LogP contribution in [0.2, 0.25) is 0 Å². The summed E-state index contributed by atoms with van der Waals surface area (Å²) in [5.74, 6) is 0.419. The minimum atomic E-state index is -0.652. The fourth-order valence-corrected chi connectivity index (χ4v) is 3.29. The fourth-order valence-electron chi connectivity index (χ4n) is 3.29. The summed E-state index contributed by atoms with van der Waals surface area (Å²) in [7, 11) is 0.